The number of carbonyl (C=O) groups is 1. The van der Waals surface area contributed by atoms with Gasteiger partial charge in [0.15, 0.2) is 0 Å². The smallest absolute Gasteiger partial charge is 0.317 e. The second kappa shape index (κ2) is 5.11. The van der Waals surface area contributed by atoms with Gasteiger partial charge in [-0.25, -0.2) is 4.79 Å². The molecule has 1 saturated carbocycles. The number of anilines is 1. The summed E-state index contributed by atoms with van der Waals surface area (Å²) in [5.74, 6) is 0.560. The average Bonchev–Trinajstić information content (AvgIpc) is 2.80. The summed E-state index contributed by atoms with van der Waals surface area (Å²) in [4.78, 5) is 13.9. The Hall–Kier alpha value is -1.72. The maximum atomic E-state index is 12.0. The second-order valence-corrected chi connectivity index (χ2v) is 5.52. The van der Waals surface area contributed by atoms with E-state index in [1.54, 1.807) is 0 Å². The minimum Gasteiger partial charge on any atom is -0.382 e. The summed E-state index contributed by atoms with van der Waals surface area (Å²) in [7, 11) is 0. The highest BCUT2D eigenvalue weighted by molar-refractivity contribution is 5.74. The maximum absolute atomic E-state index is 12.0. The van der Waals surface area contributed by atoms with Crippen molar-refractivity contribution in [2.45, 2.75) is 44.2 Å². The number of likely N-dealkylation sites (tertiary alicyclic amines) is 1. The number of urea groups is 1. The first-order chi connectivity index (χ1) is 9.22. The molecule has 0 aromatic carbocycles. The molecule has 2 aliphatic rings. The molecule has 19 heavy (non-hydrogen) atoms. The lowest BCUT2D eigenvalue weighted by molar-refractivity contribution is 0.160. The third-order valence-electron chi connectivity index (χ3n) is 4.19. The summed E-state index contributed by atoms with van der Waals surface area (Å²) in [5, 5.41) is 7.34. The molecule has 1 aromatic rings. The van der Waals surface area contributed by atoms with Crippen molar-refractivity contribution in [3.05, 3.63) is 12.3 Å². The number of aromatic nitrogens is 2. The SMILES string of the molecule is Nc1ccn(C2CCN(C(=O)NC3CCC3)CC2)n1. The van der Waals surface area contributed by atoms with E-state index in [9.17, 15) is 4.79 Å². The van der Waals surface area contributed by atoms with Crippen LogP contribution in [0.5, 0.6) is 0 Å². The Kier molecular flexibility index (Phi) is 3.31. The highest BCUT2D eigenvalue weighted by Crippen LogP contribution is 2.23. The van der Waals surface area contributed by atoms with Crippen molar-refractivity contribution in [3.8, 4) is 0 Å². The number of amides is 2. The van der Waals surface area contributed by atoms with Crippen LogP contribution in [-0.4, -0.2) is 39.8 Å². The van der Waals surface area contributed by atoms with Crippen LogP contribution in [0.3, 0.4) is 0 Å². The first-order valence-electron chi connectivity index (χ1n) is 7.08. The number of piperidine rings is 1. The van der Waals surface area contributed by atoms with Gasteiger partial charge in [0.1, 0.15) is 5.82 Å². The normalized spacial score (nSPS) is 21.2. The molecular weight excluding hydrogens is 242 g/mol. The van der Waals surface area contributed by atoms with Crippen molar-refractivity contribution in [2.75, 3.05) is 18.8 Å². The number of hydrogen-bond acceptors (Lipinski definition) is 3. The van der Waals surface area contributed by atoms with Gasteiger partial charge in [0, 0.05) is 25.3 Å². The van der Waals surface area contributed by atoms with Gasteiger partial charge in [-0.1, -0.05) is 0 Å². The van der Waals surface area contributed by atoms with Crippen LogP contribution in [0.4, 0.5) is 10.6 Å². The van der Waals surface area contributed by atoms with Crippen LogP contribution in [0.1, 0.15) is 38.1 Å². The fourth-order valence-corrected chi connectivity index (χ4v) is 2.71. The molecule has 0 unspecified atom stereocenters. The predicted octanol–water partition coefficient (Wildman–Crippen LogP) is 1.36. The number of nitrogens with one attached hydrogen (secondary N) is 1. The van der Waals surface area contributed by atoms with Crippen LogP contribution in [0.25, 0.3) is 0 Å². The van der Waals surface area contributed by atoms with Gasteiger partial charge in [-0.05, 0) is 38.2 Å². The van der Waals surface area contributed by atoms with E-state index in [2.05, 4.69) is 10.4 Å². The molecule has 0 spiro atoms. The summed E-state index contributed by atoms with van der Waals surface area (Å²) < 4.78 is 1.93. The van der Waals surface area contributed by atoms with Gasteiger partial charge in [-0.3, -0.25) is 4.68 Å². The number of nitrogens with zero attached hydrogens (tertiary/aromatic N) is 3. The van der Waals surface area contributed by atoms with E-state index in [0.717, 1.165) is 38.8 Å². The topological polar surface area (TPSA) is 76.2 Å². The van der Waals surface area contributed by atoms with Gasteiger partial charge in [-0.15, -0.1) is 0 Å². The van der Waals surface area contributed by atoms with E-state index in [1.807, 2.05) is 21.8 Å². The van der Waals surface area contributed by atoms with Gasteiger partial charge >= 0.3 is 6.03 Å². The van der Waals surface area contributed by atoms with E-state index in [1.165, 1.54) is 6.42 Å². The standard InChI is InChI=1S/C13H21N5O/c14-12-6-9-18(16-12)11-4-7-17(8-5-11)13(19)15-10-2-1-3-10/h6,9-11H,1-5,7-8H2,(H2,14,16)(H,15,19). The molecule has 3 N–H and O–H groups in total. The van der Waals surface area contributed by atoms with Gasteiger partial charge in [0.2, 0.25) is 0 Å². The first-order valence-corrected chi connectivity index (χ1v) is 7.08. The van der Waals surface area contributed by atoms with Crippen LogP contribution in [-0.2, 0) is 0 Å². The van der Waals surface area contributed by atoms with Crippen LogP contribution < -0.4 is 11.1 Å². The fourth-order valence-electron chi connectivity index (χ4n) is 2.71. The number of nitrogens with two attached hydrogens (primary N) is 1. The monoisotopic (exact) mass is 263 g/mol. The van der Waals surface area contributed by atoms with E-state index in [-0.39, 0.29) is 6.03 Å². The van der Waals surface area contributed by atoms with Crippen LogP contribution >= 0.6 is 0 Å². The molecule has 2 heterocycles. The maximum Gasteiger partial charge on any atom is 0.317 e. The molecule has 1 aliphatic carbocycles. The highest BCUT2D eigenvalue weighted by atomic mass is 16.2. The van der Waals surface area contributed by atoms with Crippen molar-refractivity contribution in [3.63, 3.8) is 0 Å². The molecular formula is C13H21N5O. The quantitative estimate of drug-likeness (QED) is 0.846. The number of nitrogen functional groups attached to an aromatic ring is 1. The molecule has 0 radical (unpaired) electrons. The van der Waals surface area contributed by atoms with Crippen molar-refractivity contribution in [1.82, 2.24) is 20.0 Å². The third kappa shape index (κ3) is 2.67. The third-order valence-corrected chi connectivity index (χ3v) is 4.19. The molecule has 1 aromatic heterocycles. The zero-order valence-electron chi connectivity index (χ0n) is 11.1. The molecule has 2 amide bonds. The summed E-state index contributed by atoms with van der Waals surface area (Å²) in [6.07, 6.45) is 7.32. The van der Waals surface area contributed by atoms with Crippen molar-refractivity contribution in [2.24, 2.45) is 0 Å². The average molecular weight is 263 g/mol. The van der Waals surface area contributed by atoms with Gasteiger partial charge in [0.25, 0.3) is 0 Å². The predicted molar refractivity (Wildman–Crippen MR) is 72.7 cm³/mol. The van der Waals surface area contributed by atoms with Crippen LogP contribution in [0.2, 0.25) is 0 Å². The van der Waals surface area contributed by atoms with E-state index < -0.39 is 0 Å². The summed E-state index contributed by atoms with van der Waals surface area (Å²) in [6, 6.07) is 2.69. The molecule has 0 atom stereocenters. The van der Waals surface area contributed by atoms with Gasteiger partial charge in [0.05, 0.1) is 6.04 Å². The largest absolute Gasteiger partial charge is 0.382 e. The minimum atomic E-state index is 0.100. The molecule has 1 aliphatic heterocycles. The van der Waals surface area contributed by atoms with E-state index in [4.69, 9.17) is 5.73 Å². The first kappa shape index (κ1) is 12.3. The van der Waals surface area contributed by atoms with Crippen molar-refractivity contribution < 1.29 is 4.79 Å². The number of carbonyl (C=O) groups excluding carboxylic acids is 1. The molecule has 104 valence electrons. The fraction of sp³-hybridized carbons (Fsp3) is 0.692. The molecule has 6 heteroatoms. The summed E-state index contributed by atoms with van der Waals surface area (Å²) >= 11 is 0. The Morgan fingerprint density at radius 1 is 1.32 bits per heavy atom. The Bertz CT molecular complexity index is 446. The number of rotatable bonds is 2. The van der Waals surface area contributed by atoms with Crippen LogP contribution in [0.15, 0.2) is 12.3 Å². The Labute approximate surface area is 112 Å². The lowest BCUT2D eigenvalue weighted by Crippen LogP contribution is -2.49. The minimum absolute atomic E-state index is 0.100. The molecule has 2 fully saturated rings. The zero-order chi connectivity index (χ0) is 13.2. The summed E-state index contributed by atoms with van der Waals surface area (Å²) in [5.41, 5.74) is 5.63. The zero-order valence-corrected chi connectivity index (χ0v) is 11.1. The van der Waals surface area contributed by atoms with Gasteiger partial charge in [-0.2, -0.15) is 5.10 Å². The Morgan fingerprint density at radius 2 is 2.05 bits per heavy atom. The van der Waals surface area contributed by atoms with E-state index in [0.29, 0.717) is 17.9 Å². The lowest BCUT2D eigenvalue weighted by atomic mass is 9.93. The molecule has 1 saturated heterocycles. The van der Waals surface area contributed by atoms with Gasteiger partial charge < -0.3 is 16.0 Å². The molecule has 0 bridgehead atoms. The highest BCUT2D eigenvalue weighted by Gasteiger charge is 2.27. The summed E-state index contributed by atoms with van der Waals surface area (Å²) in [6.45, 7) is 1.59. The van der Waals surface area contributed by atoms with E-state index >= 15 is 0 Å². The second-order valence-electron chi connectivity index (χ2n) is 5.52. The lowest BCUT2D eigenvalue weighted by Gasteiger charge is -2.35. The Balaban J connectivity index is 1.49. The Morgan fingerprint density at radius 3 is 2.58 bits per heavy atom. The van der Waals surface area contributed by atoms with Crippen LogP contribution in [0, 0.1) is 0 Å². The van der Waals surface area contributed by atoms with Crippen molar-refractivity contribution in [1.29, 1.82) is 0 Å². The number of hydrogen-bond donors (Lipinski definition) is 2. The molecule has 6 nitrogen and oxygen atoms in total. The molecule has 3 rings (SSSR count). The van der Waals surface area contributed by atoms with Crippen molar-refractivity contribution >= 4 is 11.8 Å².